The zero-order chi connectivity index (χ0) is 12.0. The Labute approximate surface area is 106 Å². The summed E-state index contributed by atoms with van der Waals surface area (Å²) in [7, 11) is 1.63. The van der Waals surface area contributed by atoms with Crippen LogP contribution in [0.25, 0.3) is 0 Å². The first-order valence-electron chi connectivity index (χ1n) is 4.96. The number of hydrogen-bond acceptors (Lipinski definition) is 3. The van der Waals surface area contributed by atoms with Crippen LogP contribution in [-0.4, -0.2) is 20.3 Å². The van der Waals surface area contributed by atoms with Gasteiger partial charge in [0, 0.05) is 17.2 Å². The Bertz CT molecular complexity index is 334. The van der Waals surface area contributed by atoms with Gasteiger partial charge in [-0.3, -0.25) is 4.84 Å². The van der Waals surface area contributed by atoms with E-state index >= 15 is 0 Å². The van der Waals surface area contributed by atoms with Gasteiger partial charge in [-0.25, -0.2) is 0 Å². The van der Waals surface area contributed by atoms with Crippen LogP contribution in [0.5, 0.6) is 0 Å². The fourth-order valence-corrected chi connectivity index (χ4v) is 1.80. The molecule has 1 aromatic carbocycles. The van der Waals surface area contributed by atoms with Gasteiger partial charge in [0.2, 0.25) is 0 Å². The van der Waals surface area contributed by atoms with Crippen LogP contribution in [0.15, 0.2) is 18.2 Å². The number of methoxy groups -OCH3 is 1. The lowest BCUT2D eigenvalue weighted by molar-refractivity contribution is -0.00923. The third-order valence-corrected chi connectivity index (χ3v) is 2.64. The Morgan fingerprint density at radius 3 is 2.69 bits per heavy atom. The molecule has 90 valence electrons. The number of ether oxygens (including phenoxy) is 1. The summed E-state index contributed by atoms with van der Waals surface area (Å²) in [5.74, 6) is 0. The molecular weight excluding hydrogens is 249 g/mol. The van der Waals surface area contributed by atoms with E-state index in [0.717, 1.165) is 5.56 Å². The Hall–Kier alpha value is -0.320. The summed E-state index contributed by atoms with van der Waals surface area (Å²) in [4.78, 5) is 5.21. The van der Waals surface area contributed by atoms with E-state index < -0.39 is 0 Å². The maximum atomic E-state index is 6.06. The molecule has 0 amide bonds. The quantitative estimate of drug-likeness (QED) is 0.632. The average molecular weight is 264 g/mol. The first-order chi connectivity index (χ1) is 7.65. The molecule has 0 aromatic heterocycles. The molecule has 0 radical (unpaired) electrons. The second-order valence-electron chi connectivity index (χ2n) is 3.35. The molecule has 1 rings (SSSR count). The molecule has 1 N–H and O–H groups in total. The lowest BCUT2D eigenvalue weighted by Crippen LogP contribution is -2.21. The highest BCUT2D eigenvalue weighted by atomic mass is 35.5. The van der Waals surface area contributed by atoms with Crippen molar-refractivity contribution in [3.63, 3.8) is 0 Å². The maximum Gasteiger partial charge on any atom is 0.0916 e. The topological polar surface area (TPSA) is 30.5 Å². The van der Waals surface area contributed by atoms with E-state index in [9.17, 15) is 0 Å². The summed E-state index contributed by atoms with van der Waals surface area (Å²) in [5.41, 5.74) is 3.83. The highest BCUT2D eigenvalue weighted by Crippen LogP contribution is 2.25. The van der Waals surface area contributed by atoms with Crippen molar-refractivity contribution in [3.8, 4) is 0 Å². The van der Waals surface area contributed by atoms with E-state index in [4.69, 9.17) is 32.8 Å². The fraction of sp³-hybridized carbons (Fsp3) is 0.455. The molecule has 5 heteroatoms. The van der Waals surface area contributed by atoms with Crippen molar-refractivity contribution in [2.75, 3.05) is 20.3 Å². The molecule has 0 aliphatic carbocycles. The van der Waals surface area contributed by atoms with Gasteiger partial charge in [-0.05, 0) is 24.6 Å². The van der Waals surface area contributed by atoms with E-state index in [1.165, 1.54) is 0 Å². The molecule has 0 bridgehead atoms. The molecule has 16 heavy (non-hydrogen) atoms. The van der Waals surface area contributed by atoms with Crippen molar-refractivity contribution in [3.05, 3.63) is 33.8 Å². The number of rotatable bonds is 6. The minimum atomic E-state index is 0.00150. The summed E-state index contributed by atoms with van der Waals surface area (Å²) < 4.78 is 4.86. The fourth-order valence-electron chi connectivity index (χ4n) is 1.23. The van der Waals surface area contributed by atoms with Crippen molar-refractivity contribution in [1.29, 1.82) is 0 Å². The molecule has 0 saturated heterocycles. The second kappa shape index (κ2) is 7.09. The Morgan fingerprint density at radius 1 is 1.31 bits per heavy atom. The largest absolute Gasteiger partial charge is 0.382 e. The van der Waals surface area contributed by atoms with Gasteiger partial charge in [-0.2, -0.15) is 5.48 Å². The van der Waals surface area contributed by atoms with Gasteiger partial charge in [0.1, 0.15) is 0 Å². The van der Waals surface area contributed by atoms with Crippen LogP contribution >= 0.6 is 23.2 Å². The standard InChI is InChI=1S/C11H15Cl2NO2/c1-8(14-16-6-5-15-2)10-4-3-9(12)7-11(10)13/h3-4,7-8,14H,5-6H2,1-2H3. The van der Waals surface area contributed by atoms with Gasteiger partial charge in [-0.15, -0.1) is 0 Å². The predicted octanol–water partition coefficient (Wildman–Crippen LogP) is 3.22. The van der Waals surface area contributed by atoms with Crippen molar-refractivity contribution < 1.29 is 9.57 Å². The van der Waals surface area contributed by atoms with Gasteiger partial charge in [0.05, 0.1) is 19.3 Å². The molecule has 0 fully saturated rings. The zero-order valence-corrected chi connectivity index (χ0v) is 10.8. The van der Waals surface area contributed by atoms with Crippen LogP contribution in [0.3, 0.4) is 0 Å². The Morgan fingerprint density at radius 2 is 2.06 bits per heavy atom. The number of hydrogen-bond donors (Lipinski definition) is 1. The van der Waals surface area contributed by atoms with Gasteiger partial charge in [-0.1, -0.05) is 29.3 Å². The molecule has 1 unspecified atom stereocenters. The number of halogens is 2. The lowest BCUT2D eigenvalue weighted by atomic mass is 10.1. The predicted molar refractivity (Wildman–Crippen MR) is 65.8 cm³/mol. The molecule has 1 atom stereocenters. The van der Waals surface area contributed by atoms with Crippen molar-refractivity contribution >= 4 is 23.2 Å². The number of hydroxylamine groups is 1. The van der Waals surface area contributed by atoms with Gasteiger partial charge in [0.15, 0.2) is 0 Å². The molecule has 0 spiro atoms. The molecule has 0 heterocycles. The van der Waals surface area contributed by atoms with Crippen molar-refractivity contribution in [1.82, 2.24) is 5.48 Å². The van der Waals surface area contributed by atoms with Gasteiger partial charge >= 0.3 is 0 Å². The molecule has 0 saturated carbocycles. The molecular formula is C11H15Cl2NO2. The Balaban J connectivity index is 2.49. The highest BCUT2D eigenvalue weighted by Gasteiger charge is 2.09. The Kier molecular flexibility index (Phi) is 6.09. The van der Waals surface area contributed by atoms with Gasteiger partial charge in [0.25, 0.3) is 0 Å². The molecule has 1 aromatic rings. The van der Waals surface area contributed by atoms with Crippen molar-refractivity contribution in [2.45, 2.75) is 13.0 Å². The normalized spacial score (nSPS) is 12.8. The highest BCUT2D eigenvalue weighted by molar-refractivity contribution is 6.35. The summed E-state index contributed by atoms with van der Waals surface area (Å²) in [5, 5.41) is 1.25. The molecule has 0 aliphatic heterocycles. The smallest absolute Gasteiger partial charge is 0.0916 e. The minimum absolute atomic E-state index is 0.00150. The molecule has 3 nitrogen and oxygen atoms in total. The first kappa shape index (κ1) is 13.7. The number of nitrogens with one attached hydrogen (secondary N) is 1. The van der Waals surface area contributed by atoms with Crippen LogP contribution in [-0.2, 0) is 9.57 Å². The monoisotopic (exact) mass is 263 g/mol. The van der Waals surface area contributed by atoms with Crippen LogP contribution < -0.4 is 5.48 Å². The SMILES string of the molecule is COCCONC(C)c1ccc(Cl)cc1Cl. The first-order valence-corrected chi connectivity index (χ1v) is 5.72. The van der Waals surface area contributed by atoms with Gasteiger partial charge < -0.3 is 4.74 Å². The number of benzene rings is 1. The third kappa shape index (κ3) is 4.28. The van der Waals surface area contributed by atoms with E-state index in [-0.39, 0.29) is 6.04 Å². The van der Waals surface area contributed by atoms with Crippen LogP contribution in [0, 0.1) is 0 Å². The summed E-state index contributed by atoms with van der Waals surface area (Å²) >= 11 is 11.9. The van der Waals surface area contributed by atoms with E-state index in [1.807, 2.05) is 13.0 Å². The summed E-state index contributed by atoms with van der Waals surface area (Å²) in [6.07, 6.45) is 0. The van der Waals surface area contributed by atoms with Crippen LogP contribution in [0.1, 0.15) is 18.5 Å². The zero-order valence-electron chi connectivity index (χ0n) is 9.30. The second-order valence-corrected chi connectivity index (χ2v) is 4.19. The summed E-state index contributed by atoms with van der Waals surface area (Å²) in [6, 6.07) is 5.39. The van der Waals surface area contributed by atoms with E-state index in [2.05, 4.69) is 5.48 Å². The maximum absolute atomic E-state index is 6.06. The molecule has 0 aliphatic rings. The lowest BCUT2D eigenvalue weighted by Gasteiger charge is -2.15. The van der Waals surface area contributed by atoms with E-state index in [1.54, 1.807) is 19.2 Å². The van der Waals surface area contributed by atoms with Crippen LogP contribution in [0.2, 0.25) is 10.0 Å². The van der Waals surface area contributed by atoms with Crippen molar-refractivity contribution in [2.24, 2.45) is 0 Å². The van der Waals surface area contributed by atoms with E-state index in [0.29, 0.717) is 23.3 Å². The summed E-state index contributed by atoms with van der Waals surface area (Å²) in [6.45, 7) is 3.00. The third-order valence-electron chi connectivity index (χ3n) is 2.08. The minimum Gasteiger partial charge on any atom is -0.382 e. The average Bonchev–Trinajstić information content (AvgIpc) is 2.24. The van der Waals surface area contributed by atoms with Crippen LogP contribution in [0.4, 0.5) is 0 Å².